The van der Waals surface area contributed by atoms with Crippen molar-refractivity contribution in [2.75, 3.05) is 24.7 Å². The third-order valence-electron chi connectivity index (χ3n) is 3.43. The van der Waals surface area contributed by atoms with E-state index in [9.17, 15) is 9.90 Å². The second kappa shape index (κ2) is 6.35. The highest BCUT2D eigenvalue weighted by molar-refractivity contribution is 5.72. The quantitative estimate of drug-likeness (QED) is 0.870. The van der Waals surface area contributed by atoms with E-state index in [4.69, 9.17) is 10.00 Å². The number of aliphatic carboxylic acids is 1. The lowest BCUT2D eigenvalue weighted by molar-refractivity contribution is -0.141. The van der Waals surface area contributed by atoms with Crippen molar-refractivity contribution in [2.24, 2.45) is 5.92 Å². The van der Waals surface area contributed by atoms with E-state index in [1.807, 2.05) is 17.9 Å². The van der Waals surface area contributed by atoms with Crippen LogP contribution in [0.2, 0.25) is 0 Å². The number of anilines is 1. The van der Waals surface area contributed by atoms with Crippen molar-refractivity contribution in [1.29, 1.82) is 5.26 Å². The molecule has 0 aliphatic carbocycles. The number of carbonyl (C=O) groups is 1. The predicted molar refractivity (Wildman–Crippen MR) is 72.3 cm³/mol. The molecule has 0 radical (unpaired) electrons. The number of aromatic nitrogens is 1. The van der Waals surface area contributed by atoms with E-state index in [1.54, 1.807) is 18.3 Å². The van der Waals surface area contributed by atoms with Gasteiger partial charge in [0.15, 0.2) is 0 Å². The van der Waals surface area contributed by atoms with Crippen molar-refractivity contribution in [2.45, 2.75) is 19.4 Å². The van der Waals surface area contributed by atoms with Crippen LogP contribution < -0.4 is 4.90 Å². The number of carboxylic acids is 1. The third-order valence-corrected chi connectivity index (χ3v) is 3.43. The fraction of sp³-hybridized carbons (Fsp3) is 0.500. The van der Waals surface area contributed by atoms with Crippen molar-refractivity contribution in [1.82, 2.24) is 4.98 Å². The summed E-state index contributed by atoms with van der Waals surface area (Å²) in [6.45, 7) is 3.40. The van der Waals surface area contributed by atoms with Crippen LogP contribution >= 0.6 is 0 Å². The molecule has 106 valence electrons. The summed E-state index contributed by atoms with van der Waals surface area (Å²) in [6, 6.07) is 5.23. The van der Waals surface area contributed by atoms with E-state index < -0.39 is 11.9 Å². The monoisotopic (exact) mass is 275 g/mol. The highest BCUT2D eigenvalue weighted by Gasteiger charge is 2.38. The molecule has 0 amide bonds. The average Bonchev–Trinajstić information content (AvgIpc) is 2.94. The highest BCUT2D eigenvalue weighted by Crippen LogP contribution is 2.25. The van der Waals surface area contributed by atoms with Crippen LogP contribution in [0.15, 0.2) is 18.3 Å². The maximum Gasteiger partial charge on any atom is 0.311 e. The topological polar surface area (TPSA) is 86.5 Å². The van der Waals surface area contributed by atoms with Gasteiger partial charge in [-0.15, -0.1) is 0 Å². The molecule has 2 rings (SSSR count). The number of hydrogen-bond acceptors (Lipinski definition) is 5. The Kier molecular flexibility index (Phi) is 4.53. The van der Waals surface area contributed by atoms with Gasteiger partial charge in [0, 0.05) is 6.54 Å². The van der Waals surface area contributed by atoms with Gasteiger partial charge < -0.3 is 14.7 Å². The van der Waals surface area contributed by atoms with Crippen LogP contribution in [0, 0.1) is 17.2 Å². The zero-order chi connectivity index (χ0) is 14.5. The van der Waals surface area contributed by atoms with Crippen LogP contribution in [0.25, 0.3) is 0 Å². The summed E-state index contributed by atoms with van der Waals surface area (Å²) in [5.74, 6) is -1.37. The van der Waals surface area contributed by atoms with Gasteiger partial charge in [-0.05, 0) is 18.6 Å². The number of ether oxygens (including phenoxy) is 1. The first-order valence-corrected chi connectivity index (χ1v) is 6.60. The minimum absolute atomic E-state index is 0.192. The summed E-state index contributed by atoms with van der Waals surface area (Å²) < 4.78 is 5.33. The first-order valence-electron chi connectivity index (χ1n) is 6.60. The standard InChI is InChI=1S/C14H17N3O3/c1-2-5-17(11-4-3-10(6-15)16-7-11)13-9-20-8-12(13)14(18)19/h3-4,7,12-13H,2,5,8-9H2,1H3,(H,18,19). The summed E-state index contributed by atoms with van der Waals surface area (Å²) in [5, 5.41) is 18.0. The molecule has 1 aromatic rings. The fourth-order valence-electron chi connectivity index (χ4n) is 2.44. The van der Waals surface area contributed by atoms with Crippen molar-refractivity contribution in [3.05, 3.63) is 24.0 Å². The van der Waals surface area contributed by atoms with Gasteiger partial charge in [0.25, 0.3) is 0 Å². The van der Waals surface area contributed by atoms with E-state index >= 15 is 0 Å². The molecule has 0 aromatic carbocycles. The average molecular weight is 275 g/mol. The van der Waals surface area contributed by atoms with Crippen molar-refractivity contribution < 1.29 is 14.6 Å². The predicted octanol–water partition coefficient (Wildman–Crippen LogP) is 1.27. The van der Waals surface area contributed by atoms with Crippen LogP contribution in [-0.4, -0.2) is 41.9 Å². The number of pyridine rings is 1. The molecule has 0 bridgehead atoms. The number of rotatable bonds is 5. The molecule has 6 nitrogen and oxygen atoms in total. The minimum Gasteiger partial charge on any atom is -0.481 e. The first-order chi connectivity index (χ1) is 9.67. The van der Waals surface area contributed by atoms with Gasteiger partial charge >= 0.3 is 5.97 Å². The minimum atomic E-state index is -0.838. The zero-order valence-electron chi connectivity index (χ0n) is 11.3. The molecule has 2 unspecified atom stereocenters. The second-order valence-electron chi connectivity index (χ2n) is 4.76. The molecule has 1 aromatic heterocycles. The smallest absolute Gasteiger partial charge is 0.311 e. The summed E-state index contributed by atoms with van der Waals surface area (Å²) in [5.41, 5.74) is 1.18. The number of hydrogen-bond donors (Lipinski definition) is 1. The third kappa shape index (κ3) is 2.89. The lowest BCUT2D eigenvalue weighted by Gasteiger charge is -2.32. The van der Waals surface area contributed by atoms with Crippen molar-refractivity contribution in [3.63, 3.8) is 0 Å². The number of carboxylic acid groups (broad SMARTS) is 1. The van der Waals surface area contributed by atoms with Gasteiger partial charge in [0.1, 0.15) is 17.7 Å². The summed E-state index contributed by atoms with van der Waals surface area (Å²) in [4.78, 5) is 17.4. The molecule has 1 aliphatic rings. The Labute approximate surface area is 117 Å². The molecule has 0 spiro atoms. The Morgan fingerprint density at radius 3 is 2.95 bits per heavy atom. The Morgan fingerprint density at radius 1 is 1.60 bits per heavy atom. The van der Waals surface area contributed by atoms with E-state index in [0.29, 0.717) is 12.3 Å². The summed E-state index contributed by atoms with van der Waals surface area (Å²) >= 11 is 0. The fourth-order valence-corrected chi connectivity index (χ4v) is 2.44. The van der Waals surface area contributed by atoms with Crippen LogP contribution in [0.1, 0.15) is 19.0 Å². The van der Waals surface area contributed by atoms with Gasteiger partial charge in [0.05, 0.1) is 31.1 Å². The molecule has 1 fully saturated rings. The van der Waals surface area contributed by atoms with E-state index in [-0.39, 0.29) is 12.6 Å². The molecule has 6 heteroatoms. The van der Waals surface area contributed by atoms with Crippen LogP contribution in [-0.2, 0) is 9.53 Å². The maximum atomic E-state index is 11.3. The molecular weight excluding hydrogens is 258 g/mol. The molecule has 1 N–H and O–H groups in total. The summed E-state index contributed by atoms with van der Waals surface area (Å²) in [7, 11) is 0. The lowest BCUT2D eigenvalue weighted by atomic mass is 10.0. The van der Waals surface area contributed by atoms with Gasteiger partial charge in [-0.2, -0.15) is 5.26 Å². The van der Waals surface area contributed by atoms with Crippen molar-refractivity contribution >= 4 is 11.7 Å². The molecular formula is C14H17N3O3. The Bertz CT molecular complexity index is 509. The second-order valence-corrected chi connectivity index (χ2v) is 4.76. The molecule has 2 heterocycles. The van der Waals surface area contributed by atoms with Gasteiger partial charge in [-0.3, -0.25) is 4.79 Å². The van der Waals surface area contributed by atoms with Crippen LogP contribution in [0.3, 0.4) is 0 Å². The lowest BCUT2D eigenvalue weighted by Crippen LogP contribution is -2.43. The number of nitriles is 1. The normalized spacial score (nSPS) is 21.4. The van der Waals surface area contributed by atoms with Crippen molar-refractivity contribution in [3.8, 4) is 6.07 Å². The largest absolute Gasteiger partial charge is 0.481 e. The summed E-state index contributed by atoms with van der Waals surface area (Å²) in [6.07, 6.45) is 2.51. The van der Waals surface area contributed by atoms with Gasteiger partial charge in [-0.25, -0.2) is 4.98 Å². The highest BCUT2D eigenvalue weighted by atomic mass is 16.5. The number of nitrogens with zero attached hydrogens (tertiary/aromatic N) is 3. The molecule has 1 aliphatic heterocycles. The molecule has 0 saturated carbocycles. The van der Waals surface area contributed by atoms with E-state index in [1.165, 1.54) is 0 Å². The van der Waals surface area contributed by atoms with E-state index in [0.717, 1.165) is 18.7 Å². The SMILES string of the molecule is CCCN(c1ccc(C#N)nc1)C1COCC1C(=O)O. The van der Waals surface area contributed by atoms with Crippen LogP contribution in [0.4, 0.5) is 5.69 Å². The Morgan fingerprint density at radius 2 is 2.40 bits per heavy atom. The van der Waals surface area contributed by atoms with Gasteiger partial charge in [-0.1, -0.05) is 6.92 Å². The Hall–Kier alpha value is -2.13. The Balaban J connectivity index is 2.25. The maximum absolute atomic E-state index is 11.3. The first kappa shape index (κ1) is 14.3. The van der Waals surface area contributed by atoms with Crippen LogP contribution in [0.5, 0.6) is 0 Å². The van der Waals surface area contributed by atoms with Gasteiger partial charge in [0.2, 0.25) is 0 Å². The van der Waals surface area contributed by atoms with E-state index in [2.05, 4.69) is 4.98 Å². The molecule has 1 saturated heterocycles. The zero-order valence-corrected chi connectivity index (χ0v) is 11.3. The molecule has 20 heavy (non-hydrogen) atoms. The molecule has 2 atom stereocenters.